The van der Waals surface area contributed by atoms with Gasteiger partial charge in [-0.25, -0.2) is 0 Å². The monoisotopic (exact) mass is 194 g/mol. The summed E-state index contributed by atoms with van der Waals surface area (Å²) >= 11 is 0. The minimum atomic E-state index is -0.343. The van der Waals surface area contributed by atoms with E-state index in [9.17, 15) is 5.11 Å². The van der Waals surface area contributed by atoms with E-state index in [2.05, 4.69) is 0 Å². The molecule has 1 N–H and O–H groups in total. The summed E-state index contributed by atoms with van der Waals surface area (Å²) in [5.74, 6) is 2.08. The molecule has 4 nitrogen and oxygen atoms in total. The van der Waals surface area contributed by atoms with Crippen molar-refractivity contribution in [3.05, 3.63) is 11.6 Å². The lowest BCUT2D eigenvalue weighted by Gasteiger charge is -2.10. The zero-order valence-electron chi connectivity index (χ0n) is 7.96. The molecule has 1 atom stereocenters. The van der Waals surface area contributed by atoms with Crippen molar-refractivity contribution in [1.29, 1.82) is 0 Å². The number of aromatic hydroxyl groups is 1. The SMILES string of the molecule is COc1c(O)cc2c(c1C1(C)CO1)O2. The van der Waals surface area contributed by atoms with Gasteiger partial charge in [0.05, 0.1) is 19.3 Å². The summed E-state index contributed by atoms with van der Waals surface area (Å²) < 4.78 is 15.7. The molecule has 1 unspecified atom stereocenters. The van der Waals surface area contributed by atoms with Crippen LogP contribution in [0.3, 0.4) is 0 Å². The minimum absolute atomic E-state index is 0.107. The van der Waals surface area contributed by atoms with Gasteiger partial charge in [-0.1, -0.05) is 0 Å². The summed E-state index contributed by atoms with van der Waals surface area (Å²) in [5, 5.41) is 9.64. The second-order valence-electron chi connectivity index (χ2n) is 3.75. The number of hydrogen-bond donors (Lipinski definition) is 1. The third-order valence-electron chi connectivity index (χ3n) is 2.66. The van der Waals surface area contributed by atoms with E-state index in [-0.39, 0.29) is 11.4 Å². The van der Waals surface area contributed by atoms with E-state index in [4.69, 9.17) is 14.2 Å². The predicted octanol–water partition coefficient (Wildman–Crippen LogP) is 1.75. The van der Waals surface area contributed by atoms with Crippen LogP contribution in [0, 0.1) is 0 Å². The van der Waals surface area contributed by atoms with Gasteiger partial charge in [0, 0.05) is 6.07 Å². The van der Waals surface area contributed by atoms with E-state index in [0.717, 1.165) is 17.1 Å². The molecule has 0 radical (unpaired) electrons. The molecule has 1 aromatic carbocycles. The fourth-order valence-corrected chi connectivity index (χ4v) is 1.71. The highest BCUT2D eigenvalue weighted by Crippen LogP contribution is 2.61. The topological polar surface area (TPSA) is 54.5 Å². The van der Waals surface area contributed by atoms with Gasteiger partial charge in [0.15, 0.2) is 23.0 Å². The largest absolute Gasteiger partial charge is 0.504 e. The number of rotatable bonds is 2. The molecule has 4 heteroatoms. The van der Waals surface area contributed by atoms with Crippen LogP contribution in [0.25, 0.3) is 0 Å². The quantitative estimate of drug-likeness (QED) is 0.740. The van der Waals surface area contributed by atoms with E-state index < -0.39 is 0 Å². The van der Waals surface area contributed by atoms with Crippen LogP contribution in [0.4, 0.5) is 0 Å². The Hall–Kier alpha value is -1.42. The summed E-state index contributed by atoms with van der Waals surface area (Å²) in [6.07, 6.45) is 0. The van der Waals surface area contributed by atoms with Gasteiger partial charge in [-0.05, 0) is 6.92 Å². The third-order valence-corrected chi connectivity index (χ3v) is 2.66. The smallest absolute Gasteiger partial charge is 0.180 e. The summed E-state index contributed by atoms with van der Waals surface area (Å²) in [7, 11) is 1.53. The Kier molecular flexibility index (Phi) is 1.22. The normalized spacial score (nSPS) is 26.4. The molecule has 0 bridgehead atoms. The standard InChI is InChI=1S/C10H10O4/c1-10(4-13-10)7-8(12-2)5(11)3-6-9(7)14-6/h3,11H,4H2,1-2H3. The fourth-order valence-electron chi connectivity index (χ4n) is 1.71. The molecule has 1 saturated heterocycles. The van der Waals surface area contributed by atoms with Crippen molar-refractivity contribution >= 4 is 0 Å². The van der Waals surface area contributed by atoms with Crippen molar-refractivity contribution < 1.29 is 19.3 Å². The van der Waals surface area contributed by atoms with E-state index in [1.807, 2.05) is 6.92 Å². The molecule has 14 heavy (non-hydrogen) atoms. The van der Waals surface area contributed by atoms with Crippen molar-refractivity contribution in [3.8, 4) is 23.0 Å². The van der Waals surface area contributed by atoms with Crippen LogP contribution >= 0.6 is 0 Å². The molecule has 3 rings (SSSR count). The molecule has 0 amide bonds. The van der Waals surface area contributed by atoms with E-state index in [1.54, 1.807) is 6.07 Å². The number of benzene rings is 1. The molecule has 2 heterocycles. The molecule has 74 valence electrons. The van der Waals surface area contributed by atoms with Crippen molar-refractivity contribution in [1.82, 2.24) is 0 Å². The number of fused-ring (bicyclic) bond motifs is 1. The first-order chi connectivity index (χ1) is 6.65. The van der Waals surface area contributed by atoms with Crippen LogP contribution in [0.5, 0.6) is 23.0 Å². The maximum absolute atomic E-state index is 9.64. The van der Waals surface area contributed by atoms with Crippen LogP contribution in [0.15, 0.2) is 6.07 Å². The second-order valence-corrected chi connectivity index (χ2v) is 3.75. The van der Waals surface area contributed by atoms with Crippen molar-refractivity contribution in [2.45, 2.75) is 12.5 Å². The Balaban J connectivity index is 2.23. The molecule has 0 aliphatic carbocycles. The summed E-state index contributed by atoms with van der Waals surface area (Å²) in [4.78, 5) is 0. The van der Waals surface area contributed by atoms with Crippen LogP contribution in [0.1, 0.15) is 12.5 Å². The average molecular weight is 194 g/mol. The summed E-state index contributed by atoms with van der Waals surface area (Å²) in [6.45, 7) is 2.59. The molecule has 1 fully saturated rings. The van der Waals surface area contributed by atoms with Gasteiger partial charge < -0.3 is 19.3 Å². The highest BCUT2D eigenvalue weighted by molar-refractivity contribution is 5.71. The summed E-state index contributed by atoms with van der Waals surface area (Å²) in [5.41, 5.74) is 0.486. The van der Waals surface area contributed by atoms with E-state index in [1.165, 1.54) is 7.11 Å². The van der Waals surface area contributed by atoms with Gasteiger partial charge >= 0.3 is 0 Å². The number of epoxide rings is 1. The lowest BCUT2D eigenvalue weighted by molar-refractivity contribution is 0.308. The minimum Gasteiger partial charge on any atom is -0.504 e. The maximum atomic E-state index is 9.64. The van der Waals surface area contributed by atoms with Crippen molar-refractivity contribution in [3.63, 3.8) is 0 Å². The Labute approximate surface area is 81.0 Å². The number of ether oxygens (including phenoxy) is 3. The van der Waals surface area contributed by atoms with Crippen molar-refractivity contribution in [2.75, 3.05) is 13.7 Å². The van der Waals surface area contributed by atoms with Crippen LogP contribution in [0.2, 0.25) is 0 Å². The molecule has 0 spiro atoms. The lowest BCUT2D eigenvalue weighted by Crippen LogP contribution is -2.03. The van der Waals surface area contributed by atoms with Crippen LogP contribution < -0.4 is 9.47 Å². The average Bonchev–Trinajstić information content (AvgIpc) is 3.01. The summed E-state index contributed by atoms with van der Waals surface area (Å²) in [6, 6.07) is 1.56. The zero-order valence-corrected chi connectivity index (χ0v) is 7.96. The molecule has 1 aromatic rings. The van der Waals surface area contributed by atoms with Gasteiger partial charge in [0.2, 0.25) is 0 Å². The van der Waals surface area contributed by atoms with Gasteiger partial charge in [0.25, 0.3) is 0 Å². The molecule has 0 saturated carbocycles. The van der Waals surface area contributed by atoms with Crippen LogP contribution in [-0.2, 0) is 10.3 Å². The molecule has 2 aliphatic heterocycles. The Morgan fingerprint density at radius 1 is 1.57 bits per heavy atom. The number of phenolic OH excluding ortho intramolecular Hbond substituents is 1. The predicted molar refractivity (Wildman–Crippen MR) is 48.0 cm³/mol. The Morgan fingerprint density at radius 3 is 2.86 bits per heavy atom. The molecular formula is C10H10O4. The van der Waals surface area contributed by atoms with Crippen molar-refractivity contribution in [2.24, 2.45) is 0 Å². The van der Waals surface area contributed by atoms with Gasteiger partial charge in [-0.15, -0.1) is 0 Å². The number of methoxy groups -OCH3 is 1. The third kappa shape index (κ3) is 0.861. The van der Waals surface area contributed by atoms with E-state index in [0.29, 0.717) is 12.4 Å². The lowest BCUT2D eigenvalue weighted by atomic mass is 10.0. The number of hydrogen-bond acceptors (Lipinski definition) is 4. The van der Waals surface area contributed by atoms with Crippen LogP contribution in [-0.4, -0.2) is 18.8 Å². The van der Waals surface area contributed by atoms with E-state index >= 15 is 0 Å². The Morgan fingerprint density at radius 2 is 2.29 bits per heavy atom. The first kappa shape index (κ1) is 7.94. The van der Waals surface area contributed by atoms with Gasteiger partial charge in [0.1, 0.15) is 5.60 Å². The molecular weight excluding hydrogens is 184 g/mol. The zero-order chi connectivity index (χ0) is 9.92. The maximum Gasteiger partial charge on any atom is 0.180 e. The first-order valence-electron chi connectivity index (χ1n) is 4.42. The highest BCUT2D eigenvalue weighted by Gasteiger charge is 2.50. The fraction of sp³-hybridized carbons (Fsp3) is 0.400. The first-order valence-corrected chi connectivity index (χ1v) is 4.42. The highest BCUT2D eigenvalue weighted by atomic mass is 16.6. The second kappa shape index (κ2) is 2.15. The molecule has 2 aliphatic rings. The Bertz CT molecular complexity index is 421. The molecule has 0 aromatic heterocycles. The van der Waals surface area contributed by atoms with Gasteiger partial charge in [-0.2, -0.15) is 0 Å². The van der Waals surface area contributed by atoms with Gasteiger partial charge in [-0.3, -0.25) is 0 Å². The number of phenols is 1.